The number of rotatable bonds is 6. The molecule has 1 N–H and O–H groups in total. The van der Waals surface area contributed by atoms with Crippen LogP contribution in [0.4, 0.5) is 0 Å². The Morgan fingerprint density at radius 1 is 1.38 bits per heavy atom. The molecule has 1 aromatic rings. The van der Waals surface area contributed by atoms with Crippen molar-refractivity contribution >= 4 is 15.7 Å². The largest absolute Gasteiger partial charge is 0.497 e. The van der Waals surface area contributed by atoms with Crippen LogP contribution in [0.25, 0.3) is 0 Å². The van der Waals surface area contributed by atoms with Gasteiger partial charge in [-0.3, -0.25) is 4.79 Å². The third-order valence-electron chi connectivity index (χ3n) is 4.45. The van der Waals surface area contributed by atoms with Crippen molar-refractivity contribution < 1.29 is 17.9 Å². The number of carbonyl (C=O) groups is 1. The number of benzene rings is 1. The first-order chi connectivity index (χ1) is 11.4. The third-order valence-corrected chi connectivity index (χ3v) is 6.38. The summed E-state index contributed by atoms with van der Waals surface area (Å²) in [6.07, 6.45) is 1.98. The molecule has 2 rings (SSSR count). The maximum atomic E-state index is 12.6. The van der Waals surface area contributed by atoms with E-state index in [9.17, 15) is 13.2 Å². The number of methoxy groups -OCH3 is 1. The first-order valence-electron chi connectivity index (χ1n) is 8.20. The number of nitrogens with one attached hydrogen (secondary N) is 1. The lowest BCUT2D eigenvalue weighted by atomic mass is 10.0. The number of piperidine rings is 1. The second-order valence-corrected chi connectivity index (χ2v) is 8.30. The molecule has 0 radical (unpaired) electrons. The van der Waals surface area contributed by atoms with Crippen molar-refractivity contribution in [2.45, 2.75) is 30.7 Å². The number of hydrogen-bond donors (Lipinski definition) is 1. The predicted molar refractivity (Wildman–Crippen MR) is 92.9 cm³/mol. The molecule has 1 fully saturated rings. The van der Waals surface area contributed by atoms with Crippen LogP contribution >= 0.6 is 0 Å². The maximum absolute atomic E-state index is 12.6. The second kappa shape index (κ2) is 7.98. The van der Waals surface area contributed by atoms with E-state index in [2.05, 4.69) is 5.32 Å². The van der Waals surface area contributed by atoms with Gasteiger partial charge >= 0.3 is 0 Å². The minimum atomic E-state index is -3.51. The third kappa shape index (κ3) is 4.48. The normalized spacial score (nSPS) is 19.8. The molecule has 0 aliphatic carbocycles. The fourth-order valence-electron chi connectivity index (χ4n) is 3.00. The lowest BCUT2D eigenvalue weighted by Crippen LogP contribution is -2.49. The smallest absolute Gasteiger partial charge is 0.226 e. The molecule has 1 aliphatic rings. The van der Waals surface area contributed by atoms with Crippen LogP contribution in [-0.4, -0.2) is 58.3 Å². The van der Waals surface area contributed by atoms with E-state index in [0.29, 0.717) is 18.8 Å². The van der Waals surface area contributed by atoms with Crippen LogP contribution < -0.4 is 10.1 Å². The van der Waals surface area contributed by atoms with Crippen molar-refractivity contribution in [2.75, 3.05) is 33.0 Å². The van der Waals surface area contributed by atoms with Gasteiger partial charge in [0.15, 0.2) is 9.84 Å². The summed E-state index contributed by atoms with van der Waals surface area (Å²) in [4.78, 5) is 14.6. The number of likely N-dealkylation sites (N-methyl/N-ethyl adjacent to an activating group) is 1. The second-order valence-electron chi connectivity index (χ2n) is 6.27. The van der Waals surface area contributed by atoms with Crippen molar-refractivity contribution in [1.82, 2.24) is 10.2 Å². The van der Waals surface area contributed by atoms with Gasteiger partial charge in [0.05, 0.1) is 17.8 Å². The predicted octanol–water partition coefficient (Wildman–Crippen LogP) is 1.32. The lowest BCUT2D eigenvalue weighted by molar-refractivity contribution is -0.135. The van der Waals surface area contributed by atoms with E-state index in [1.54, 1.807) is 24.0 Å². The standard InChI is InChI=1S/C17H26N2O4S/c1-13(17(20)19-10-4-5-14(11-19)18-2)12-24(21,22)16-8-6-15(23-3)7-9-16/h6-9,13-14,18H,4-5,10-12H2,1-3H3. The summed E-state index contributed by atoms with van der Waals surface area (Å²) >= 11 is 0. The van der Waals surface area contributed by atoms with Crippen LogP contribution in [0.2, 0.25) is 0 Å². The number of ether oxygens (including phenoxy) is 1. The summed E-state index contributed by atoms with van der Waals surface area (Å²) in [6.45, 7) is 3.03. The highest BCUT2D eigenvalue weighted by Crippen LogP contribution is 2.20. The minimum Gasteiger partial charge on any atom is -0.497 e. The quantitative estimate of drug-likeness (QED) is 0.834. The van der Waals surface area contributed by atoms with Crippen LogP contribution in [-0.2, 0) is 14.6 Å². The fourth-order valence-corrected chi connectivity index (χ4v) is 4.55. The van der Waals surface area contributed by atoms with E-state index < -0.39 is 15.8 Å². The molecule has 1 aromatic carbocycles. The zero-order chi connectivity index (χ0) is 17.7. The summed E-state index contributed by atoms with van der Waals surface area (Å²) in [5, 5.41) is 3.19. The number of sulfone groups is 1. The Balaban J connectivity index is 2.03. The van der Waals surface area contributed by atoms with Gasteiger partial charge in [0.25, 0.3) is 0 Å². The first-order valence-corrected chi connectivity index (χ1v) is 9.85. The van der Waals surface area contributed by atoms with E-state index in [1.165, 1.54) is 19.2 Å². The molecular weight excluding hydrogens is 328 g/mol. The Morgan fingerprint density at radius 2 is 2.04 bits per heavy atom. The van der Waals surface area contributed by atoms with Gasteiger partial charge in [-0.2, -0.15) is 0 Å². The topological polar surface area (TPSA) is 75.7 Å². The highest BCUT2D eigenvalue weighted by molar-refractivity contribution is 7.91. The number of likely N-dealkylation sites (tertiary alicyclic amines) is 1. The molecule has 1 heterocycles. The Labute approximate surface area is 144 Å². The van der Waals surface area contributed by atoms with E-state index >= 15 is 0 Å². The van der Waals surface area contributed by atoms with E-state index in [4.69, 9.17) is 4.74 Å². The van der Waals surface area contributed by atoms with Gasteiger partial charge in [0.1, 0.15) is 5.75 Å². The van der Waals surface area contributed by atoms with Crippen molar-refractivity contribution in [3.05, 3.63) is 24.3 Å². The number of hydrogen-bond acceptors (Lipinski definition) is 5. The molecule has 0 bridgehead atoms. The molecule has 24 heavy (non-hydrogen) atoms. The molecule has 1 aliphatic heterocycles. The number of amides is 1. The van der Waals surface area contributed by atoms with Crippen molar-refractivity contribution in [3.63, 3.8) is 0 Å². The molecule has 7 heteroatoms. The van der Waals surface area contributed by atoms with E-state index in [0.717, 1.165) is 12.8 Å². The van der Waals surface area contributed by atoms with Gasteiger partial charge in [-0.25, -0.2) is 8.42 Å². The van der Waals surface area contributed by atoms with Gasteiger partial charge < -0.3 is 15.0 Å². The molecule has 1 amide bonds. The van der Waals surface area contributed by atoms with Crippen molar-refractivity contribution in [2.24, 2.45) is 5.92 Å². The maximum Gasteiger partial charge on any atom is 0.226 e. The van der Waals surface area contributed by atoms with Crippen molar-refractivity contribution in [1.29, 1.82) is 0 Å². The molecule has 1 saturated heterocycles. The van der Waals surface area contributed by atoms with E-state index in [-0.39, 0.29) is 22.6 Å². The Bertz CT molecular complexity index is 658. The average Bonchev–Trinajstić information content (AvgIpc) is 2.60. The zero-order valence-electron chi connectivity index (χ0n) is 14.5. The number of carbonyl (C=O) groups excluding carboxylic acids is 1. The van der Waals surface area contributed by atoms with Gasteiger partial charge in [-0.15, -0.1) is 0 Å². The molecule has 2 atom stereocenters. The number of nitrogens with zero attached hydrogens (tertiary/aromatic N) is 1. The molecule has 2 unspecified atom stereocenters. The summed E-state index contributed by atoms with van der Waals surface area (Å²) in [5.74, 6) is -0.233. The van der Waals surface area contributed by atoms with Crippen LogP contribution in [0.15, 0.2) is 29.2 Å². The van der Waals surface area contributed by atoms with Crippen LogP contribution in [0.1, 0.15) is 19.8 Å². The SMILES string of the molecule is CNC1CCCN(C(=O)C(C)CS(=O)(=O)c2ccc(OC)cc2)C1. The summed E-state index contributed by atoms with van der Waals surface area (Å²) in [7, 11) is -0.0918. The highest BCUT2D eigenvalue weighted by atomic mass is 32.2. The molecule has 0 spiro atoms. The molecule has 6 nitrogen and oxygen atoms in total. The highest BCUT2D eigenvalue weighted by Gasteiger charge is 2.29. The van der Waals surface area contributed by atoms with Crippen molar-refractivity contribution in [3.8, 4) is 5.75 Å². The van der Waals surface area contributed by atoms with Crippen LogP contribution in [0.3, 0.4) is 0 Å². The summed E-state index contributed by atoms with van der Waals surface area (Å²) < 4.78 is 30.1. The van der Waals surface area contributed by atoms with Crippen LogP contribution in [0.5, 0.6) is 5.75 Å². The average molecular weight is 354 g/mol. The molecular formula is C17H26N2O4S. The molecule has 0 saturated carbocycles. The van der Waals surface area contributed by atoms with Gasteiger partial charge in [-0.1, -0.05) is 6.92 Å². The fraction of sp³-hybridized carbons (Fsp3) is 0.588. The van der Waals surface area contributed by atoms with Gasteiger partial charge in [0, 0.05) is 25.0 Å². The molecule has 134 valence electrons. The summed E-state index contributed by atoms with van der Waals surface area (Å²) in [5.41, 5.74) is 0. The minimum absolute atomic E-state index is 0.0907. The van der Waals surface area contributed by atoms with E-state index in [1.807, 2.05) is 7.05 Å². The first kappa shape index (κ1) is 18.7. The monoisotopic (exact) mass is 354 g/mol. The van der Waals surface area contributed by atoms with Gasteiger partial charge in [-0.05, 0) is 44.2 Å². The van der Waals surface area contributed by atoms with Crippen LogP contribution in [0, 0.1) is 5.92 Å². The van der Waals surface area contributed by atoms with Gasteiger partial charge in [0.2, 0.25) is 5.91 Å². The lowest BCUT2D eigenvalue weighted by Gasteiger charge is -2.34. The Kier molecular flexibility index (Phi) is 6.23. The Morgan fingerprint density at radius 3 is 2.62 bits per heavy atom. The molecule has 0 aromatic heterocycles. The zero-order valence-corrected chi connectivity index (χ0v) is 15.3. The Hall–Kier alpha value is -1.60. The summed E-state index contributed by atoms with van der Waals surface area (Å²) in [6, 6.07) is 6.54.